The van der Waals surface area contributed by atoms with Crippen LogP contribution in [0.4, 0.5) is 10.5 Å². The Kier molecular flexibility index (Phi) is 5.18. The van der Waals surface area contributed by atoms with Crippen molar-refractivity contribution in [1.82, 2.24) is 10.2 Å². The zero-order valence-corrected chi connectivity index (χ0v) is 17.1. The van der Waals surface area contributed by atoms with Crippen LogP contribution in [0, 0.1) is 0 Å². The van der Waals surface area contributed by atoms with Gasteiger partial charge in [-0.1, -0.05) is 54.6 Å². The smallest absolute Gasteiger partial charge is 0.409 e. The first-order valence-corrected chi connectivity index (χ1v) is 10.00. The number of ketones is 1. The van der Waals surface area contributed by atoms with Gasteiger partial charge in [0.05, 0.1) is 6.54 Å². The van der Waals surface area contributed by atoms with E-state index in [-0.39, 0.29) is 18.9 Å². The molecule has 3 aromatic carbocycles. The van der Waals surface area contributed by atoms with E-state index in [9.17, 15) is 14.7 Å². The molecule has 0 bridgehead atoms. The molecule has 4 rings (SSSR count). The number of amides is 1. The summed E-state index contributed by atoms with van der Waals surface area (Å²) in [6.07, 6.45) is -1.09. The van der Waals surface area contributed by atoms with Crippen molar-refractivity contribution in [2.45, 2.75) is 12.6 Å². The Bertz CT molecular complexity index is 1090. The van der Waals surface area contributed by atoms with E-state index >= 15 is 0 Å². The summed E-state index contributed by atoms with van der Waals surface area (Å²) in [5.74, 6) is -0.218. The van der Waals surface area contributed by atoms with Gasteiger partial charge in [-0.15, -0.1) is 0 Å². The van der Waals surface area contributed by atoms with Gasteiger partial charge in [-0.25, -0.2) is 4.79 Å². The fourth-order valence-electron chi connectivity index (χ4n) is 4.35. The molecule has 0 aromatic heterocycles. The molecule has 1 unspecified atom stereocenters. The summed E-state index contributed by atoms with van der Waals surface area (Å²) in [5.41, 5.74) is 2.00. The van der Waals surface area contributed by atoms with E-state index in [0.29, 0.717) is 6.54 Å². The minimum absolute atomic E-state index is 0.218. The summed E-state index contributed by atoms with van der Waals surface area (Å²) in [6, 6.07) is 22.8. The first-order valence-electron chi connectivity index (χ1n) is 10.00. The third-order valence-corrected chi connectivity index (χ3v) is 6.03. The van der Waals surface area contributed by atoms with Crippen LogP contribution in [-0.4, -0.2) is 54.2 Å². The maximum atomic E-state index is 12.4. The van der Waals surface area contributed by atoms with Gasteiger partial charge in [0.1, 0.15) is 0 Å². The van der Waals surface area contributed by atoms with Gasteiger partial charge in [0.2, 0.25) is 0 Å². The number of nitrogens with zero attached hydrogens (tertiary/aromatic N) is 2. The molecule has 1 aliphatic heterocycles. The monoisotopic (exact) mass is 403 g/mol. The molecule has 1 fully saturated rings. The number of carbonyl (C=O) groups is 2. The zero-order valence-electron chi connectivity index (χ0n) is 17.1. The molecular formula is C24H25N3O3. The zero-order chi connectivity index (χ0) is 21.3. The molecule has 6 heteroatoms. The average Bonchev–Trinajstić information content (AvgIpc) is 2.78. The van der Waals surface area contributed by atoms with Gasteiger partial charge in [0, 0.05) is 18.8 Å². The largest absolute Gasteiger partial charge is 0.465 e. The van der Waals surface area contributed by atoms with E-state index < -0.39 is 11.8 Å². The molecule has 0 saturated carbocycles. The molecular weight excluding hydrogens is 378 g/mol. The van der Waals surface area contributed by atoms with Crippen LogP contribution in [0.1, 0.15) is 6.92 Å². The maximum Gasteiger partial charge on any atom is 0.409 e. The topological polar surface area (TPSA) is 72.9 Å². The van der Waals surface area contributed by atoms with Crippen molar-refractivity contribution in [2.24, 2.45) is 0 Å². The molecule has 1 amide bonds. The number of anilines is 1. The number of nitrogens with one attached hydrogen (secondary N) is 1. The van der Waals surface area contributed by atoms with Crippen LogP contribution in [0.5, 0.6) is 0 Å². The lowest BCUT2D eigenvalue weighted by Gasteiger charge is -2.48. The van der Waals surface area contributed by atoms with Crippen LogP contribution in [-0.2, 0) is 4.79 Å². The Balaban J connectivity index is 1.64. The Labute approximate surface area is 175 Å². The van der Waals surface area contributed by atoms with Crippen molar-refractivity contribution in [1.29, 1.82) is 0 Å². The number of fused-ring (bicyclic) bond motifs is 1. The third kappa shape index (κ3) is 3.29. The van der Waals surface area contributed by atoms with E-state index in [1.54, 1.807) is 7.05 Å². The first-order chi connectivity index (χ1) is 14.5. The molecule has 1 saturated heterocycles. The van der Waals surface area contributed by atoms with Gasteiger partial charge < -0.3 is 10.0 Å². The second-order valence-corrected chi connectivity index (χ2v) is 7.60. The number of benzene rings is 3. The molecule has 154 valence electrons. The number of Topliss-reactive ketones (excluding diaryl/α,β-unsaturated/α-hetero) is 1. The number of hydrogen-bond donors (Lipinski definition) is 2. The van der Waals surface area contributed by atoms with E-state index in [1.165, 1.54) is 28.2 Å². The highest BCUT2D eigenvalue weighted by molar-refractivity contribution is 5.96. The fraction of sp³-hybridized carbons (Fsp3) is 0.250. The van der Waals surface area contributed by atoms with Crippen molar-refractivity contribution in [3.8, 4) is 11.1 Å². The maximum absolute atomic E-state index is 12.4. The van der Waals surface area contributed by atoms with Crippen LogP contribution in [0.2, 0.25) is 0 Å². The summed E-state index contributed by atoms with van der Waals surface area (Å²) >= 11 is 0. The number of carboxylic acid groups (broad SMARTS) is 1. The number of likely N-dealkylation sites (N-methyl/N-ethyl adjacent to an activating group) is 1. The molecule has 0 radical (unpaired) electrons. The lowest BCUT2D eigenvalue weighted by molar-refractivity contribution is -0.130. The van der Waals surface area contributed by atoms with Crippen molar-refractivity contribution >= 4 is 28.3 Å². The van der Waals surface area contributed by atoms with Gasteiger partial charge in [0.15, 0.2) is 11.4 Å². The minimum atomic E-state index is -1.25. The van der Waals surface area contributed by atoms with Gasteiger partial charge in [-0.05, 0) is 48.0 Å². The van der Waals surface area contributed by atoms with Gasteiger partial charge in [-0.3, -0.25) is 15.0 Å². The summed E-state index contributed by atoms with van der Waals surface area (Å²) < 4.78 is 0. The van der Waals surface area contributed by atoms with Crippen molar-refractivity contribution in [3.63, 3.8) is 0 Å². The quantitative estimate of drug-likeness (QED) is 0.693. The molecule has 2 N–H and O–H groups in total. The standard InChI is InChI=1S/C24H25N3O3/c1-17(28)24(25-2)16-26(14-15-27(24)23(29)30)20-12-10-19(11-13-20)22-9-5-7-18-6-3-4-8-21(18)22/h3-13,25H,14-16H2,1-2H3,(H,29,30). The van der Waals surface area contributed by atoms with Gasteiger partial charge >= 0.3 is 6.09 Å². The fourth-order valence-corrected chi connectivity index (χ4v) is 4.35. The normalized spacial score (nSPS) is 19.1. The molecule has 0 aliphatic carbocycles. The summed E-state index contributed by atoms with van der Waals surface area (Å²) in [6.45, 7) is 2.47. The summed E-state index contributed by atoms with van der Waals surface area (Å²) in [7, 11) is 1.63. The predicted octanol–water partition coefficient (Wildman–Crippen LogP) is 3.81. The Morgan fingerprint density at radius 1 is 0.967 bits per heavy atom. The third-order valence-electron chi connectivity index (χ3n) is 6.03. The summed E-state index contributed by atoms with van der Waals surface area (Å²) in [5, 5.41) is 14.9. The minimum Gasteiger partial charge on any atom is -0.465 e. The number of carbonyl (C=O) groups excluding carboxylic acids is 1. The van der Waals surface area contributed by atoms with Crippen LogP contribution in [0.25, 0.3) is 21.9 Å². The van der Waals surface area contributed by atoms with Gasteiger partial charge in [-0.2, -0.15) is 0 Å². The van der Waals surface area contributed by atoms with E-state index in [2.05, 4.69) is 52.7 Å². The Morgan fingerprint density at radius 2 is 1.67 bits per heavy atom. The molecule has 1 aliphatic rings. The number of hydrogen-bond acceptors (Lipinski definition) is 4. The second-order valence-electron chi connectivity index (χ2n) is 7.60. The lowest BCUT2D eigenvalue weighted by Crippen LogP contribution is -2.73. The molecule has 1 atom stereocenters. The molecule has 0 spiro atoms. The SMILES string of the molecule is CNC1(C(C)=O)CN(c2ccc(-c3cccc4ccccc34)cc2)CCN1C(=O)O. The van der Waals surface area contributed by atoms with E-state index in [4.69, 9.17) is 0 Å². The Hall–Kier alpha value is -3.38. The second kappa shape index (κ2) is 7.80. The van der Waals surface area contributed by atoms with Crippen LogP contribution >= 0.6 is 0 Å². The average molecular weight is 403 g/mol. The Morgan fingerprint density at radius 3 is 2.33 bits per heavy atom. The molecule has 6 nitrogen and oxygen atoms in total. The van der Waals surface area contributed by atoms with E-state index in [1.807, 2.05) is 24.3 Å². The number of rotatable bonds is 4. The van der Waals surface area contributed by atoms with Crippen molar-refractivity contribution in [3.05, 3.63) is 66.7 Å². The highest BCUT2D eigenvalue weighted by Gasteiger charge is 2.47. The lowest BCUT2D eigenvalue weighted by atomic mass is 9.97. The van der Waals surface area contributed by atoms with Gasteiger partial charge in [0.25, 0.3) is 0 Å². The highest BCUT2D eigenvalue weighted by Crippen LogP contribution is 2.31. The summed E-state index contributed by atoms with van der Waals surface area (Å²) in [4.78, 5) is 27.4. The van der Waals surface area contributed by atoms with Crippen LogP contribution in [0.15, 0.2) is 66.7 Å². The van der Waals surface area contributed by atoms with Crippen LogP contribution in [0.3, 0.4) is 0 Å². The molecule has 3 aromatic rings. The number of piperazine rings is 1. The van der Waals surface area contributed by atoms with Crippen molar-refractivity contribution < 1.29 is 14.7 Å². The molecule has 1 heterocycles. The predicted molar refractivity (Wildman–Crippen MR) is 119 cm³/mol. The first kappa shape index (κ1) is 19.9. The highest BCUT2D eigenvalue weighted by atomic mass is 16.4. The molecule has 30 heavy (non-hydrogen) atoms. The van der Waals surface area contributed by atoms with Crippen LogP contribution < -0.4 is 10.2 Å². The van der Waals surface area contributed by atoms with Crippen molar-refractivity contribution in [2.75, 3.05) is 31.6 Å². The van der Waals surface area contributed by atoms with E-state index in [0.717, 1.165) is 11.3 Å².